The molecule has 0 fully saturated rings. The number of methoxy groups -OCH3 is 1. The van der Waals surface area contributed by atoms with E-state index in [-0.39, 0.29) is 30.4 Å². The smallest absolute Gasteiger partial charge is 0.305 e. The number of esters is 1. The molecule has 0 aromatic heterocycles. The minimum absolute atomic E-state index is 0.0734. The molecule has 1 unspecified atom stereocenters. The zero-order chi connectivity index (χ0) is 13.5. The van der Waals surface area contributed by atoms with Gasteiger partial charge in [-0.1, -0.05) is 20.3 Å². The van der Waals surface area contributed by atoms with Gasteiger partial charge in [-0.05, 0) is 19.8 Å². The van der Waals surface area contributed by atoms with Crippen LogP contribution < -0.4 is 0 Å². The van der Waals surface area contributed by atoms with Crippen LogP contribution in [-0.2, 0) is 19.1 Å². The first-order valence-corrected chi connectivity index (χ1v) is 6.05. The average Bonchev–Trinajstić information content (AvgIpc) is 2.32. The van der Waals surface area contributed by atoms with Crippen molar-refractivity contribution in [2.24, 2.45) is 5.41 Å². The monoisotopic (exact) mass is 242 g/mol. The molecule has 17 heavy (non-hydrogen) atoms. The maximum absolute atomic E-state index is 12.0. The van der Waals surface area contributed by atoms with Gasteiger partial charge in [0.1, 0.15) is 11.6 Å². The lowest BCUT2D eigenvalue weighted by Gasteiger charge is -2.28. The fourth-order valence-electron chi connectivity index (χ4n) is 2.13. The van der Waals surface area contributed by atoms with Crippen LogP contribution in [0.4, 0.5) is 0 Å². The number of carbonyl (C=O) groups excluding carboxylic acids is 3. The van der Waals surface area contributed by atoms with Gasteiger partial charge in [-0.25, -0.2) is 0 Å². The first-order valence-electron chi connectivity index (χ1n) is 6.05. The number of hydrogen-bond donors (Lipinski definition) is 0. The molecule has 0 rings (SSSR count). The van der Waals surface area contributed by atoms with Crippen LogP contribution >= 0.6 is 0 Å². The Morgan fingerprint density at radius 3 is 2.06 bits per heavy atom. The number of hydrogen-bond acceptors (Lipinski definition) is 4. The van der Waals surface area contributed by atoms with E-state index >= 15 is 0 Å². The van der Waals surface area contributed by atoms with E-state index in [0.29, 0.717) is 12.8 Å². The molecule has 4 heteroatoms. The van der Waals surface area contributed by atoms with E-state index < -0.39 is 5.41 Å². The number of ketones is 2. The van der Waals surface area contributed by atoms with Gasteiger partial charge in [0, 0.05) is 12.8 Å². The summed E-state index contributed by atoms with van der Waals surface area (Å²) in [5, 5.41) is 0. The largest absolute Gasteiger partial charge is 0.469 e. The van der Waals surface area contributed by atoms with Crippen LogP contribution in [0.15, 0.2) is 0 Å². The average molecular weight is 242 g/mol. The van der Waals surface area contributed by atoms with Gasteiger partial charge in [-0.15, -0.1) is 0 Å². The van der Waals surface area contributed by atoms with Gasteiger partial charge in [0.15, 0.2) is 0 Å². The van der Waals surface area contributed by atoms with Gasteiger partial charge in [-0.2, -0.15) is 0 Å². The Hall–Kier alpha value is -1.19. The van der Waals surface area contributed by atoms with E-state index in [1.165, 1.54) is 14.0 Å². The van der Waals surface area contributed by atoms with Crippen molar-refractivity contribution in [3.63, 3.8) is 0 Å². The molecule has 0 saturated heterocycles. The molecular formula is C13H22O4. The predicted octanol–water partition coefficient (Wildman–Crippen LogP) is 2.29. The second kappa shape index (κ2) is 7.20. The standard InChI is InChI=1S/C13H22O4/c1-5-8-13(10(3)14,11(15)6-2)9-7-12(16)17-4/h5-9H2,1-4H3. The Balaban J connectivity index is 4.97. The van der Waals surface area contributed by atoms with Crippen molar-refractivity contribution < 1.29 is 19.1 Å². The molecule has 0 saturated carbocycles. The van der Waals surface area contributed by atoms with Gasteiger partial charge in [0.05, 0.1) is 12.5 Å². The van der Waals surface area contributed by atoms with Gasteiger partial charge in [0.25, 0.3) is 0 Å². The van der Waals surface area contributed by atoms with Crippen LogP contribution in [0.1, 0.15) is 52.9 Å². The second-order valence-corrected chi connectivity index (χ2v) is 4.24. The van der Waals surface area contributed by atoms with Gasteiger partial charge >= 0.3 is 5.97 Å². The topological polar surface area (TPSA) is 60.4 Å². The highest BCUT2D eigenvalue weighted by Crippen LogP contribution is 2.33. The van der Waals surface area contributed by atoms with Crippen LogP contribution in [0.2, 0.25) is 0 Å². The molecule has 0 heterocycles. The zero-order valence-electron chi connectivity index (χ0n) is 11.2. The van der Waals surface area contributed by atoms with Crippen molar-refractivity contribution in [1.82, 2.24) is 0 Å². The molecule has 0 amide bonds. The highest BCUT2D eigenvalue weighted by Gasteiger charge is 2.40. The maximum atomic E-state index is 12.0. The fourth-order valence-corrected chi connectivity index (χ4v) is 2.13. The van der Waals surface area contributed by atoms with E-state index in [0.717, 1.165) is 6.42 Å². The van der Waals surface area contributed by atoms with Crippen LogP contribution in [0.25, 0.3) is 0 Å². The predicted molar refractivity (Wildman–Crippen MR) is 64.6 cm³/mol. The van der Waals surface area contributed by atoms with E-state index in [4.69, 9.17) is 0 Å². The van der Waals surface area contributed by atoms with E-state index in [1.807, 2.05) is 6.92 Å². The number of carbonyl (C=O) groups is 3. The summed E-state index contributed by atoms with van der Waals surface area (Å²) in [6, 6.07) is 0. The van der Waals surface area contributed by atoms with Crippen molar-refractivity contribution in [3.05, 3.63) is 0 Å². The molecule has 0 aromatic rings. The molecule has 0 radical (unpaired) electrons. The maximum Gasteiger partial charge on any atom is 0.305 e. The normalized spacial score (nSPS) is 13.9. The summed E-state index contributed by atoms with van der Waals surface area (Å²) in [4.78, 5) is 34.9. The Morgan fingerprint density at radius 1 is 1.12 bits per heavy atom. The van der Waals surface area contributed by atoms with Gasteiger partial charge < -0.3 is 4.74 Å². The molecule has 0 N–H and O–H groups in total. The molecule has 0 aliphatic carbocycles. The third-order valence-corrected chi connectivity index (χ3v) is 3.19. The lowest BCUT2D eigenvalue weighted by Crippen LogP contribution is -2.38. The summed E-state index contributed by atoms with van der Waals surface area (Å²) >= 11 is 0. The molecule has 0 bridgehead atoms. The summed E-state index contributed by atoms with van der Waals surface area (Å²) in [6.45, 7) is 5.10. The Bertz CT molecular complexity index is 296. The lowest BCUT2D eigenvalue weighted by atomic mass is 9.72. The van der Waals surface area contributed by atoms with Crippen molar-refractivity contribution in [1.29, 1.82) is 0 Å². The van der Waals surface area contributed by atoms with Crippen molar-refractivity contribution >= 4 is 17.5 Å². The first kappa shape index (κ1) is 15.8. The zero-order valence-corrected chi connectivity index (χ0v) is 11.2. The Morgan fingerprint density at radius 2 is 1.71 bits per heavy atom. The highest BCUT2D eigenvalue weighted by atomic mass is 16.5. The van der Waals surface area contributed by atoms with Crippen molar-refractivity contribution in [2.45, 2.75) is 52.9 Å². The molecule has 1 atom stereocenters. The SMILES string of the molecule is CCCC(CCC(=O)OC)(C(C)=O)C(=O)CC. The third-order valence-electron chi connectivity index (χ3n) is 3.19. The van der Waals surface area contributed by atoms with E-state index in [9.17, 15) is 14.4 Å². The summed E-state index contributed by atoms with van der Waals surface area (Å²) in [5.41, 5.74) is -0.988. The van der Waals surface area contributed by atoms with Crippen molar-refractivity contribution in [3.8, 4) is 0 Å². The molecule has 0 aromatic carbocycles. The third kappa shape index (κ3) is 3.95. The van der Waals surface area contributed by atoms with Gasteiger partial charge in [-0.3, -0.25) is 14.4 Å². The summed E-state index contributed by atoms with van der Waals surface area (Å²) in [5.74, 6) is -0.596. The molecule has 0 spiro atoms. The molecule has 4 nitrogen and oxygen atoms in total. The molecule has 98 valence electrons. The number of ether oxygens (including phenoxy) is 1. The van der Waals surface area contributed by atoms with Crippen LogP contribution in [-0.4, -0.2) is 24.6 Å². The second-order valence-electron chi connectivity index (χ2n) is 4.24. The number of rotatable bonds is 8. The van der Waals surface area contributed by atoms with Crippen LogP contribution in [0.5, 0.6) is 0 Å². The lowest BCUT2D eigenvalue weighted by molar-refractivity contribution is -0.144. The van der Waals surface area contributed by atoms with Crippen molar-refractivity contribution in [2.75, 3.05) is 7.11 Å². The number of Topliss-reactive ketones (excluding diaryl/α,β-unsaturated/α-hetero) is 2. The quantitative estimate of drug-likeness (QED) is 0.484. The molecule has 0 aliphatic heterocycles. The van der Waals surface area contributed by atoms with Gasteiger partial charge in [0.2, 0.25) is 0 Å². The highest BCUT2D eigenvalue weighted by molar-refractivity contribution is 6.06. The minimum Gasteiger partial charge on any atom is -0.469 e. The molecule has 0 aliphatic rings. The Labute approximate surface area is 103 Å². The summed E-state index contributed by atoms with van der Waals surface area (Å²) in [6.07, 6.45) is 1.94. The Kier molecular flexibility index (Phi) is 6.69. The van der Waals surface area contributed by atoms with E-state index in [2.05, 4.69) is 4.74 Å². The minimum atomic E-state index is -0.988. The van der Waals surface area contributed by atoms with Crippen LogP contribution in [0, 0.1) is 5.41 Å². The summed E-state index contributed by atoms with van der Waals surface area (Å²) in [7, 11) is 1.30. The summed E-state index contributed by atoms with van der Waals surface area (Å²) < 4.78 is 4.56. The first-order chi connectivity index (χ1) is 7.94. The van der Waals surface area contributed by atoms with E-state index in [1.54, 1.807) is 6.92 Å². The molecular weight excluding hydrogens is 220 g/mol. The fraction of sp³-hybridized carbons (Fsp3) is 0.769. The van der Waals surface area contributed by atoms with Crippen LogP contribution in [0.3, 0.4) is 0 Å².